The molecule has 0 atom stereocenters. The number of hydrogen-bond acceptors (Lipinski definition) is 4. The Hall–Kier alpha value is -2.05. The molecule has 1 heterocycles. The van der Waals surface area contributed by atoms with Gasteiger partial charge < -0.3 is 10.5 Å². The number of halogens is 3. The number of rotatable bonds is 3. The van der Waals surface area contributed by atoms with Gasteiger partial charge in [0, 0.05) is 5.69 Å². The summed E-state index contributed by atoms with van der Waals surface area (Å²) >= 11 is 0. The van der Waals surface area contributed by atoms with Gasteiger partial charge in [0.25, 0.3) is 0 Å². The molecule has 1 aromatic carbocycles. The topological polar surface area (TPSA) is 61.0 Å². The van der Waals surface area contributed by atoms with Gasteiger partial charge in [0.05, 0.1) is 23.9 Å². The zero-order chi connectivity index (χ0) is 13.2. The molecule has 0 aliphatic carbocycles. The number of aromatic nitrogens is 2. The number of benzene rings is 1. The fourth-order valence-electron chi connectivity index (χ4n) is 1.43. The molecular weight excluding hydrogens is 247 g/mol. The van der Waals surface area contributed by atoms with Crippen LogP contribution in [0.3, 0.4) is 0 Å². The van der Waals surface area contributed by atoms with Crippen molar-refractivity contribution in [2.75, 3.05) is 12.3 Å². The molecular formula is C11H10F3N3O. The Balaban J connectivity index is 2.20. The van der Waals surface area contributed by atoms with Crippen LogP contribution in [0.15, 0.2) is 24.5 Å². The lowest BCUT2D eigenvalue weighted by molar-refractivity contribution is -0.139. The van der Waals surface area contributed by atoms with Gasteiger partial charge >= 0.3 is 6.18 Å². The quantitative estimate of drug-likeness (QED) is 0.858. The van der Waals surface area contributed by atoms with E-state index in [0.717, 1.165) is 0 Å². The third-order valence-corrected chi connectivity index (χ3v) is 2.25. The molecule has 1 aromatic heterocycles. The zero-order valence-electron chi connectivity index (χ0n) is 9.24. The predicted molar refractivity (Wildman–Crippen MR) is 60.1 cm³/mol. The van der Waals surface area contributed by atoms with Crippen molar-refractivity contribution in [3.63, 3.8) is 0 Å². The Morgan fingerprint density at radius 2 is 2.00 bits per heavy atom. The molecule has 0 aliphatic rings. The molecule has 2 rings (SSSR count). The summed E-state index contributed by atoms with van der Waals surface area (Å²) in [6.07, 6.45) is -4.04. The number of fused-ring (bicyclic) bond motifs is 1. The van der Waals surface area contributed by atoms with E-state index in [2.05, 4.69) is 9.97 Å². The second-order valence-electron chi connectivity index (χ2n) is 3.67. The smallest absolute Gasteiger partial charge is 0.392 e. The van der Waals surface area contributed by atoms with Crippen LogP contribution in [0.5, 0.6) is 5.88 Å². The highest BCUT2D eigenvalue weighted by atomic mass is 19.4. The monoisotopic (exact) mass is 257 g/mol. The average Bonchev–Trinajstić information content (AvgIpc) is 2.28. The van der Waals surface area contributed by atoms with Gasteiger partial charge in [-0.15, -0.1) is 0 Å². The first-order valence-electron chi connectivity index (χ1n) is 5.15. The molecule has 0 aliphatic heterocycles. The second-order valence-corrected chi connectivity index (χ2v) is 3.67. The summed E-state index contributed by atoms with van der Waals surface area (Å²) in [6, 6.07) is 4.87. The van der Waals surface area contributed by atoms with Crippen LogP contribution in [0, 0.1) is 0 Å². The van der Waals surface area contributed by atoms with E-state index in [1.807, 2.05) is 0 Å². The molecule has 0 saturated heterocycles. The van der Waals surface area contributed by atoms with E-state index >= 15 is 0 Å². The van der Waals surface area contributed by atoms with Crippen LogP contribution in [0.25, 0.3) is 10.9 Å². The van der Waals surface area contributed by atoms with Crippen molar-refractivity contribution < 1.29 is 17.9 Å². The Morgan fingerprint density at radius 3 is 2.72 bits per heavy atom. The number of hydrogen-bond donors (Lipinski definition) is 1. The molecule has 0 spiro atoms. The Morgan fingerprint density at radius 1 is 1.22 bits per heavy atom. The molecule has 2 aromatic rings. The van der Waals surface area contributed by atoms with Crippen LogP contribution in [-0.2, 0) is 0 Å². The van der Waals surface area contributed by atoms with Gasteiger partial charge in [-0.1, -0.05) is 0 Å². The largest absolute Gasteiger partial charge is 0.477 e. The molecule has 0 radical (unpaired) electrons. The highest BCUT2D eigenvalue weighted by Crippen LogP contribution is 2.25. The number of nitrogens with zero attached hydrogens (tertiary/aromatic N) is 2. The minimum Gasteiger partial charge on any atom is -0.477 e. The van der Waals surface area contributed by atoms with Crippen molar-refractivity contribution in [2.24, 2.45) is 0 Å². The number of nitrogen functional groups attached to an aromatic ring is 1. The maximum Gasteiger partial charge on any atom is 0.392 e. The maximum absolute atomic E-state index is 12.0. The minimum atomic E-state index is -4.25. The number of ether oxygens (including phenoxy) is 1. The highest BCUT2D eigenvalue weighted by Gasteiger charge is 2.27. The maximum atomic E-state index is 12.0. The molecule has 4 nitrogen and oxygen atoms in total. The van der Waals surface area contributed by atoms with Crippen molar-refractivity contribution in [1.82, 2.24) is 9.97 Å². The van der Waals surface area contributed by atoms with E-state index in [1.165, 1.54) is 6.33 Å². The summed E-state index contributed by atoms with van der Waals surface area (Å²) in [5.41, 5.74) is 6.64. The van der Waals surface area contributed by atoms with Crippen molar-refractivity contribution in [1.29, 1.82) is 0 Å². The van der Waals surface area contributed by atoms with Gasteiger partial charge in [-0.2, -0.15) is 13.2 Å². The number of alkyl halides is 3. The Kier molecular flexibility index (Phi) is 3.22. The molecule has 7 heteroatoms. The third-order valence-electron chi connectivity index (χ3n) is 2.25. The molecule has 0 fully saturated rings. The molecule has 0 saturated carbocycles. The third kappa shape index (κ3) is 2.99. The van der Waals surface area contributed by atoms with Crippen molar-refractivity contribution in [3.8, 4) is 5.88 Å². The fraction of sp³-hybridized carbons (Fsp3) is 0.273. The van der Waals surface area contributed by atoms with Gasteiger partial charge in [-0.05, 0) is 18.2 Å². The standard InChI is InChI=1S/C11H10F3N3O/c12-11(13,14)3-4-18-10-8-5-7(15)1-2-9(8)16-6-17-10/h1-2,5-6H,3-4,15H2. The van der Waals surface area contributed by atoms with Crippen LogP contribution >= 0.6 is 0 Å². The van der Waals surface area contributed by atoms with E-state index in [0.29, 0.717) is 16.6 Å². The molecule has 2 N–H and O–H groups in total. The van der Waals surface area contributed by atoms with Gasteiger partial charge in [-0.3, -0.25) is 0 Å². The molecule has 0 bridgehead atoms. The van der Waals surface area contributed by atoms with Gasteiger partial charge in [0.2, 0.25) is 5.88 Å². The first-order valence-corrected chi connectivity index (χ1v) is 5.15. The van der Waals surface area contributed by atoms with Gasteiger partial charge in [0.15, 0.2) is 0 Å². The van der Waals surface area contributed by atoms with Crippen molar-refractivity contribution in [3.05, 3.63) is 24.5 Å². The first kappa shape index (κ1) is 12.4. The van der Waals surface area contributed by atoms with E-state index in [9.17, 15) is 13.2 Å². The highest BCUT2D eigenvalue weighted by molar-refractivity contribution is 5.86. The zero-order valence-corrected chi connectivity index (χ0v) is 9.24. The molecule has 18 heavy (non-hydrogen) atoms. The van der Waals surface area contributed by atoms with Gasteiger partial charge in [0.1, 0.15) is 6.33 Å². The SMILES string of the molecule is Nc1ccc2ncnc(OCCC(F)(F)F)c2c1. The summed E-state index contributed by atoms with van der Waals surface area (Å²) in [6.45, 7) is -0.482. The van der Waals surface area contributed by atoms with Crippen LogP contribution in [-0.4, -0.2) is 22.8 Å². The Bertz CT molecular complexity index is 557. The number of nitrogens with two attached hydrogens (primary N) is 1. The lowest BCUT2D eigenvalue weighted by Gasteiger charge is -2.09. The minimum absolute atomic E-state index is 0.108. The van der Waals surface area contributed by atoms with E-state index in [4.69, 9.17) is 10.5 Å². The van der Waals surface area contributed by atoms with Gasteiger partial charge in [-0.25, -0.2) is 9.97 Å². The molecule has 0 amide bonds. The fourth-order valence-corrected chi connectivity index (χ4v) is 1.43. The van der Waals surface area contributed by atoms with Crippen LogP contribution in [0.1, 0.15) is 6.42 Å². The molecule has 0 unspecified atom stereocenters. The average molecular weight is 257 g/mol. The summed E-state index contributed by atoms with van der Waals surface area (Å²) in [5.74, 6) is 0.108. The number of anilines is 1. The summed E-state index contributed by atoms with van der Waals surface area (Å²) in [5, 5.41) is 0.500. The predicted octanol–water partition coefficient (Wildman–Crippen LogP) is 2.54. The van der Waals surface area contributed by atoms with E-state index in [1.54, 1.807) is 18.2 Å². The van der Waals surface area contributed by atoms with Crippen LogP contribution < -0.4 is 10.5 Å². The lowest BCUT2D eigenvalue weighted by atomic mass is 10.2. The summed E-state index contributed by atoms with van der Waals surface area (Å²) < 4.78 is 41.0. The van der Waals surface area contributed by atoms with Crippen molar-refractivity contribution >= 4 is 16.6 Å². The Labute approximate surface area is 101 Å². The molecule has 96 valence electrons. The normalized spacial score (nSPS) is 11.7. The summed E-state index contributed by atoms with van der Waals surface area (Å²) in [4.78, 5) is 7.78. The summed E-state index contributed by atoms with van der Waals surface area (Å²) in [7, 11) is 0. The van der Waals surface area contributed by atoms with Crippen LogP contribution in [0.4, 0.5) is 18.9 Å². The van der Waals surface area contributed by atoms with Crippen LogP contribution in [0.2, 0.25) is 0 Å². The lowest BCUT2D eigenvalue weighted by Crippen LogP contribution is -2.13. The second kappa shape index (κ2) is 4.67. The first-order chi connectivity index (χ1) is 8.46. The van der Waals surface area contributed by atoms with E-state index < -0.39 is 19.2 Å². The van der Waals surface area contributed by atoms with Crippen molar-refractivity contribution in [2.45, 2.75) is 12.6 Å². The van der Waals surface area contributed by atoms with E-state index in [-0.39, 0.29) is 5.88 Å².